The first-order valence-corrected chi connectivity index (χ1v) is 2.77. The van der Waals surface area contributed by atoms with Crippen LogP contribution >= 0.6 is 22.6 Å². The topological polar surface area (TPSA) is 0 Å². The van der Waals surface area contributed by atoms with E-state index in [9.17, 15) is 0 Å². The molecule has 32 valence electrons. The Morgan fingerprint density at radius 1 is 1.20 bits per heavy atom. The van der Waals surface area contributed by atoms with Crippen molar-refractivity contribution < 1.29 is 0 Å². The highest BCUT2D eigenvalue weighted by Crippen LogP contribution is 2.12. The van der Waals surface area contributed by atoms with Crippen LogP contribution in [0, 0.1) is 0 Å². The van der Waals surface area contributed by atoms with Gasteiger partial charge in [0, 0.05) is 3.42 Å². The van der Waals surface area contributed by atoms with E-state index in [1.54, 1.807) is 0 Å². The van der Waals surface area contributed by atoms with E-state index in [-0.39, 0.29) is 0 Å². The van der Waals surface area contributed by atoms with Crippen LogP contribution in [0.3, 0.4) is 0 Å². The Bertz CT molecular complexity index is 19.1. The molecule has 1 heteroatoms. The average molecular weight is 184 g/mol. The minimum Gasteiger partial charge on any atom is -0.0798 e. The van der Waals surface area contributed by atoms with Crippen molar-refractivity contribution in [2.75, 3.05) is 0 Å². The van der Waals surface area contributed by atoms with Gasteiger partial charge in [0.05, 0.1) is 0 Å². The first-order chi connectivity index (χ1) is 2.00. The summed E-state index contributed by atoms with van der Waals surface area (Å²) in [5.74, 6) is 0. The van der Waals surface area contributed by atoms with Crippen LogP contribution in [0.4, 0.5) is 0 Å². The number of rotatable bonds is 0. The van der Waals surface area contributed by atoms with Crippen LogP contribution in [-0.2, 0) is 0 Å². The first-order valence-electron chi connectivity index (χ1n) is 1.69. The summed E-state index contributed by atoms with van der Waals surface area (Å²) in [5.41, 5.74) is 0. The van der Waals surface area contributed by atoms with Crippen molar-refractivity contribution in [3.63, 3.8) is 0 Å². The Morgan fingerprint density at radius 2 is 1.20 bits per heavy atom. The molecule has 5 heavy (non-hydrogen) atoms. The summed E-state index contributed by atoms with van der Waals surface area (Å²) >= 11 is 2.38. The molecule has 0 heterocycles. The molecule has 0 aliphatic rings. The van der Waals surface area contributed by atoms with Gasteiger partial charge in [-0.05, 0) is 0 Å². The molecule has 0 amide bonds. The second-order valence-corrected chi connectivity index (χ2v) is 5.30. The van der Waals surface area contributed by atoms with E-state index in [0.29, 0.717) is 3.42 Å². The maximum atomic E-state index is 2.38. The number of hydrogen-bond donors (Lipinski definition) is 0. The van der Waals surface area contributed by atoms with Crippen LogP contribution in [0.15, 0.2) is 0 Å². The van der Waals surface area contributed by atoms with Gasteiger partial charge in [-0.1, -0.05) is 43.4 Å². The molecule has 0 unspecified atom stereocenters. The van der Waals surface area contributed by atoms with E-state index < -0.39 is 0 Å². The molecule has 0 aromatic rings. The molecule has 0 fully saturated rings. The highest BCUT2D eigenvalue weighted by atomic mass is 127. The monoisotopic (exact) mass is 184 g/mol. The van der Waals surface area contributed by atoms with Crippen LogP contribution in [-0.4, -0.2) is 3.42 Å². The summed E-state index contributed by atoms with van der Waals surface area (Å²) in [6.07, 6.45) is 0. The SMILES string of the molecule is CC(C)(C)I. The largest absolute Gasteiger partial charge is 0.0798 e. The van der Waals surface area contributed by atoms with Gasteiger partial charge in [-0.3, -0.25) is 0 Å². The highest BCUT2D eigenvalue weighted by Gasteiger charge is 1.98. The standard InChI is InChI=1S/C4H9I/c1-4(2,3)5/h1-3H3. The lowest BCUT2D eigenvalue weighted by Crippen LogP contribution is -1.97. The Morgan fingerprint density at radius 3 is 1.20 bits per heavy atom. The fourth-order valence-electron chi connectivity index (χ4n) is 0. The number of halogens is 1. The maximum absolute atomic E-state index is 2.38. The van der Waals surface area contributed by atoms with Crippen molar-refractivity contribution in [1.29, 1.82) is 0 Å². The van der Waals surface area contributed by atoms with Gasteiger partial charge in [-0.15, -0.1) is 0 Å². The molecule has 0 spiro atoms. The van der Waals surface area contributed by atoms with Gasteiger partial charge in [0.25, 0.3) is 0 Å². The van der Waals surface area contributed by atoms with Crippen LogP contribution in [0.1, 0.15) is 20.8 Å². The first kappa shape index (κ1) is 5.73. The molecule has 0 aromatic carbocycles. The maximum Gasteiger partial charge on any atom is 0.0137 e. The average Bonchev–Trinajstić information content (AvgIpc) is 0.722. The van der Waals surface area contributed by atoms with E-state index in [2.05, 4.69) is 43.4 Å². The lowest BCUT2D eigenvalue weighted by atomic mass is 10.3. The lowest BCUT2D eigenvalue weighted by molar-refractivity contribution is 0.847. The second-order valence-electron chi connectivity index (χ2n) is 2.07. The number of hydrogen-bond acceptors (Lipinski definition) is 0. The molecule has 0 aromatic heterocycles. The van der Waals surface area contributed by atoms with Crippen molar-refractivity contribution >= 4 is 22.6 Å². The zero-order valence-electron chi connectivity index (χ0n) is 3.88. The van der Waals surface area contributed by atoms with Crippen molar-refractivity contribution in [2.24, 2.45) is 0 Å². The third kappa shape index (κ3) is 66.2. The van der Waals surface area contributed by atoms with E-state index in [0.717, 1.165) is 0 Å². The zero-order valence-corrected chi connectivity index (χ0v) is 6.04. The summed E-state index contributed by atoms with van der Waals surface area (Å²) in [5, 5.41) is 0. The predicted octanol–water partition coefficient (Wildman–Crippen LogP) is 2.22. The molecule has 0 aliphatic carbocycles. The molecule has 0 radical (unpaired) electrons. The normalized spacial score (nSPS) is 12.0. The van der Waals surface area contributed by atoms with Gasteiger partial charge in [-0.25, -0.2) is 0 Å². The minimum atomic E-state index is 0.470. The molecule has 0 nitrogen and oxygen atoms in total. The van der Waals surface area contributed by atoms with Crippen LogP contribution < -0.4 is 0 Å². The quantitative estimate of drug-likeness (QED) is 0.400. The van der Waals surface area contributed by atoms with Gasteiger partial charge in [0.1, 0.15) is 0 Å². The smallest absolute Gasteiger partial charge is 0.0137 e. The van der Waals surface area contributed by atoms with Crippen LogP contribution in [0.2, 0.25) is 0 Å². The summed E-state index contributed by atoms with van der Waals surface area (Å²) in [7, 11) is 0. The Labute approximate surface area is 47.1 Å². The predicted molar refractivity (Wildman–Crippen MR) is 33.8 cm³/mol. The Kier molecular flexibility index (Phi) is 1.67. The third-order valence-corrected chi connectivity index (χ3v) is 0. The van der Waals surface area contributed by atoms with Gasteiger partial charge >= 0.3 is 0 Å². The van der Waals surface area contributed by atoms with Crippen LogP contribution in [0.25, 0.3) is 0 Å². The molecular weight excluding hydrogens is 175 g/mol. The molecule has 0 rings (SSSR count). The molecular formula is C4H9I. The van der Waals surface area contributed by atoms with E-state index in [4.69, 9.17) is 0 Å². The van der Waals surface area contributed by atoms with E-state index in [1.165, 1.54) is 0 Å². The van der Waals surface area contributed by atoms with Gasteiger partial charge in [-0.2, -0.15) is 0 Å². The molecule has 0 saturated carbocycles. The minimum absolute atomic E-state index is 0.470. The molecule has 0 atom stereocenters. The summed E-state index contributed by atoms with van der Waals surface area (Å²) in [6.45, 7) is 6.52. The fraction of sp³-hybridized carbons (Fsp3) is 1.00. The van der Waals surface area contributed by atoms with Crippen molar-refractivity contribution in [2.45, 2.75) is 24.2 Å². The molecule has 0 bridgehead atoms. The lowest BCUT2D eigenvalue weighted by Gasteiger charge is -2.02. The van der Waals surface area contributed by atoms with Crippen molar-refractivity contribution in [3.05, 3.63) is 0 Å². The van der Waals surface area contributed by atoms with E-state index >= 15 is 0 Å². The highest BCUT2D eigenvalue weighted by molar-refractivity contribution is 14.1. The summed E-state index contributed by atoms with van der Waals surface area (Å²) in [4.78, 5) is 0. The Hall–Kier alpha value is 0.730. The Balaban J connectivity index is 3.02. The zero-order chi connectivity index (χ0) is 4.50. The molecule has 0 N–H and O–H groups in total. The van der Waals surface area contributed by atoms with Crippen molar-refractivity contribution in [1.82, 2.24) is 0 Å². The summed E-state index contributed by atoms with van der Waals surface area (Å²) in [6, 6.07) is 0. The third-order valence-electron chi connectivity index (χ3n) is 0. The molecule has 0 saturated heterocycles. The second kappa shape index (κ2) is 1.45. The number of alkyl halides is 1. The molecule has 0 aliphatic heterocycles. The van der Waals surface area contributed by atoms with Gasteiger partial charge < -0.3 is 0 Å². The van der Waals surface area contributed by atoms with Gasteiger partial charge in [0.15, 0.2) is 0 Å². The van der Waals surface area contributed by atoms with Crippen molar-refractivity contribution in [3.8, 4) is 0 Å². The van der Waals surface area contributed by atoms with Gasteiger partial charge in [0.2, 0.25) is 0 Å². The fourth-order valence-corrected chi connectivity index (χ4v) is 0. The van der Waals surface area contributed by atoms with E-state index in [1.807, 2.05) is 0 Å². The van der Waals surface area contributed by atoms with Crippen LogP contribution in [0.5, 0.6) is 0 Å². The summed E-state index contributed by atoms with van der Waals surface area (Å²) < 4.78 is 0.470.